The van der Waals surface area contributed by atoms with E-state index in [2.05, 4.69) is 68.1 Å². The lowest BCUT2D eigenvalue weighted by Gasteiger charge is -2.28. The van der Waals surface area contributed by atoms with Gasteiger partial charge in [-0.05, 0) is 97.3 Å². The number of hydrogen-bond donors (Lipinski definition) is 0. The number of hydrogen-bond acceptors (Lipinski definition) is 0. The Morgan fingerprint density at radius 3 is 1.59 bits per heavy atom. The monoisotopic (exact) mass is 386 g/mol. The first-order chi connectivity index (χ1) is 14.2. The first-order valence-corrected chi connectivity index (χ1v) is 12.0. The van der Waals surface area contributed by atoms with E-state index in [1.807, 2.05) is 0 Å². The molecule has 0 spiro atoms. The molecule has 2 aliphatic carbocycles. The number of benzene rings is 2. The number of allylic oxidation sites excluding steroid dienone is 1. The highest BCUT2D eigenvalue weighted by Gasteiger charge is 2.22. The van der Waals surface area contributed by atoms with E-state index in [-0.39, 0.29) is 0 Å². The second-order valence-corrected chi connectivity index (χ2v) is 9.78. The van der Waals surface area contributed by atoms with Gasteiger partial charge in [-0.2, -0.15) is 0 Å². The Balaban J connectivity index is 1.35. The average Bonchev–Trinajstić information content (AvgIpc) is 2.79. The van der Waals surface area contributed by atoms with Crippen LogP contribution in [-0.4, -0.2) is 0 Å². The standard InChI is InChI=1S/C29H38/c1-3-4-5-23-8-12-25(13-9-23)27-16-20-29(21-17-27)28-18-14-26(15-19-28)24-10-6-22(2)7-11-24/h3,14-25H,1,4-13H2,2H3. The van der Waals surface area contributed by atoms with E-state index >= 15 is 0 Å². The molecule has 2 saturated carbocycles. The molecular weight excluding hydrogens is 348 g/mol. The molecule has 2 aliphatic rings. The molecule has 4 rings (SSSR count). The third-order valence-electron chi connectivity index (χ3n) is 7.74. The Hall–Kier alpha value is -1.82. The maximum absolute atomic E-state index is 3.87. The third-order valence-corrected chi connectivity index (χ3v) is 7.74. The van der Waals surface area contributed by atoms with Gasteiger partial charge in [0, 0.05) is 0 Å². The van der Waals surface area contributed by atoms with Crippen LogP contribution in [0.15, 0.2) is 61.2 Å². The Labute approximate surface area is 178 Å². The largest absolute Gasteiger partial charge is 0.103 e. The predicted molar refractivity (Wildman–Crippen MR) is 126 cm³/mol. The Bertz CT molecular complexity index is 751. The Morgan fingerprint density at radius 2 is 1.14 bits per heavy atom. The second-order valence-electron chi connectivity index (χ2n) is 9.78. The van der Waals surface area contributed by atoms with Crippen molar-refractivity contribution in [3.05, 3.63) is 72.3 Å². The first-order valence-electron chi connectivity index (χ1n) is 12.0. The van der Waals surface area contributed by atoms with Gasteiger partial charge < -0.3 is 0 Å². The molecule has 0 radical (unpaired) electrons. The molecule has 0 N–H and O–H groups in total. The zero-order chi connectivity index (χ0) is 20.1. The van der Waals surface area contributed by atoms with Crippen molar-refractivity contribution >= 4 is 0 Å². The summed E-state index contributed by atoms with van der Waals surface area (Å²) in [6, 6.07) is 18.9. The van der Waals surface area contributed by atoms with E-state index in [1.54, 1.807) is 11.1 Å². The maximum atomic E-state index is 3.87. The van der Waals surface area contributed by atoms with Crippen LogP contribution in [0.3, 0.4) is 0 Å². The van der Waals surface area contributed by atoms with Gasteiger partial charge in [-0.3, -0.25) is 0 Å². The molecule has 0 aliphatic heterocycles. The van der Waals surface area contributed by atoms with Gasteiger partial charge in [-0.25, -0.2) is 0 Å². The minimum Gasteiger partial charge on any atom is -0.103 e. The molecular formula is C29H38. The molecule has 154 valence electrons. The van der Waals surface area contributed by atoms with Crippen LogP contribution in [0.5, 0.6) is 0 Å². The minimum absolute atomic E-state index is 0.764. The highest BCUT2D eigenvalue weighted by Crippen LogP contribution is 2.39. The Morgan fingerprint density at radius 1 is 0.690 bits per heavy atom. The van der Waals surface area contributed by atoms with Crippen molar-refractivity contribution in [2.24, 2.45) is 11.8 Å². The first kappa shape index (κ1) is 20.5. The summed E-state index contributed by atoms with van der Waals surface area (Å²) in [6.07, 6.45) is 15.6. The average molecular weight is 387 g/mol. The van der Waals surface area contributed by atoms with Gasteiger partial charge in [0.15, 0.2) is 0 Å². The lowest BCUT2D eigenvalue weighted by atomic mass is 9.77. The topological polar surface area (TPSA) is 0 Å². The van der Waals surface area contributed by atoms with Crippen LogP contribution in [0.2, 0.25) is 0 Å². The molecule has 2 aromatic rings. The fourth-order valence-corrected chi connectivity index (χ4v) is 5.63. The van der Waals surface area contributed by atoms with Crippen molar-refractivity contribution in [3.8, 4) is 11.1 Å². The van der Waals surface area contributed by atoms with Crippen molar-refractivity contribution in [3.63, 3.8) is 0 Å². The van der Waals surface area contributed by atoms with Crippen molar-refractivity contribution < 1.29 is 0 Å². The van der Waals surface area contributed by atoms with Crippen LogP contribution in [0.4, 0.5) is 0 Å². The molecule has 0 heterocycles. The quantitative estimate of drug-likeness (QED) is 0.435. The van der Waals surface area contributed by atoms with E-state index in [1.165, 1.54) is 75.3 Å². The lowest BCUT2D eigenvalue weighted by molar-refractivity contribution is 0.312. The summed E-state index contributed by atoms with van der Waals surface area (Å²) in [5.41, 5.74) is 5.81. The maximum Gasteiger partial charge on any atom is -0.0162 e. The molecule has 0 bridgehead atoms. The van der Waals surface area contributed by atoms with Crippen LogP contribution < -0.4 is 0 Å². The highest BCUT2D eigenvalue weighted by atomic mass is 14.3. The summed E-state index contributed by atoms with van der Waals surface area (Å²) in [5, 5.41) is 0. The van der Waals surface area contributed by atoms with Gasteiger partial charge in [-0.1, -0.05) is 74.4 Å². The van der Waals surface area contributed by atoms with Gasteiger partial charge in [0.25, 0.3) is 0 Å². The summed E-state index contributed by atoms with van der Waals surface area (Å²) in [4.78, 5) is 0. The third kappa shape index (κ3) is 5.21. The van der Waals surface area contributed by atoms with E-state index in [9.17, 15) is 0 Å². The zero-order valence-corrected chi connectivity index (χ0v) is 18.3. The van der Waals surface area contributed by atoms with Crippen LogP contribution in [0.25, 0.3) is 11.1 Å². The summed E-state index contributed by atoms with van der Waals surface area (Å²) < 4.78 is 0. The zero-order valence-electron chi connectivity index (χ0n) is 18.3. The van der Waals surface area contributed by atoms with Gasteiger partial charge >= 0.3 is 0 Å². The molecule has 0 saturated heterocycles. The molecule has 0 aromatic heterocycles. The van der Waals surface area contributed by atoms with Crippen molar-refractivity contribution in [2.45, 2.75) is 83.0 Å². The van der Waals surface area contributed by atoms with Gasteiger partial charge in [0.1, 0.15) is 0 Å². The minimum atomic E-state index is 0.764. The Kier molecular flexibility index (Phi) is 6.90. The smallest absolute Gasteiger partial charge is 0.0162 e. The molecule has 2 fully saturated rings. The van der Waals surface area contributed by atoms with Gasteiger partial charge in [0.05, 0.1) is 0 Å². The SMILES string of the molecule is C=CCCC1CCC(c2ccc(-c3ccc(C4CCC(C)CC4)cc3)cc2)CC1. The van der Waals surface area contributed by atoms with Crippen molar-refractivity contribution in [1.29, 1.82) is 0 Å². The van der Waals surface area contributed by atoms with E-state index < -0.39 is 0 Å². The van der Waals surface area contributed by atoms with Gasteiger partial charge in [-0.15, -0.1) is 6.58 Å². The van der Waals surface area contributed by atoms with Gasteiger partial charge in [0.2, 0.25) is 0 Å². The summed E-state index contributed by atoms with van der Waals surface area (Å²) >= 11 is 0. The van der Waals surface area contributed by atoms with E-state index in [4.69, 9.17) is 0 Å². The van der Waals surface area contributed by atoms with Crippen LogP contribution in [-0.2, 0) is 0 Å². The lowest BCUT2D eigenvalue weighted by Crippen LogP contribution is -2.13. The fourth-order valence-electron chi connectivity index (χ4n) is 5.63. The van der Waals surface area contributed by atoms with Crippen molar-refractivity contribution in [2.75, 3.05) is 0 Å². The molecule has 0 heteroatoms. The van der Waals surface area contributed by atoms with Crippen LogP contribution in [0, 0.1) is 11.8 Å². The predicted octanol–water partition coefficient (Wildman–Crippen LogP) is 8.89. The summed E-state index contributed by atoms with van der Waals surface area (Å²) in [7, 11) is 0. The van der Waals surface area contributed by atoms with Crippen molar-refractivity contribution in [1.82, 2.24) is 0 Å². The molecule has 0 unspecified atom stereocenters. The highest BCUT2D eigenvalue weighted by molar-refractivity contribution is 5.64. The normalized spacial score (nSPS) is 27.5. The number of rotatable bonds is 6. The van der Waals surface area contributed by atoms with E-state index in [0.717, 1.165) is 23.7 Å². The molecule has 0 nitrogen and oxygen atoms in total. The molecule has 0 amide bonds. The second kappa shape index (κ2) is 9.79. The molecule has 0 atom stereocenters. The van der Waals surface area contributed by atoms with E-state index in [0.29, 0.717) is 0 Å². The summed E-state index contributed by atoms with van der Waals surface area (Å²) in [6.45, 7) is 6.27. The molecule has 2 aromatic carbocycles. The molecule has 29 heavy (non-hydrogen) atoms. The fraction of sp³-hybridized carbons (Fsp3) is 0.517. The van der Waals surface area contributed by atoms with Crippen LogP contribution in [0.1, 0.15) is 94.1 Å². The summed E-state index contributed by atoms with van der Waals surface area (Å²) in [5.74, 6) is 3.39. The van der Waals surface area contributed by atoms with Crippen LogP contribution >= 0.6 is 0 Å².